The monoisotopic (exact) mass is 407 g/mol. The third-order valence-electron chi connectivity index (χ3n) is 5.09. The molecule has 0 saturated heterocycles. The van der Waals surface area contributed by atoms with Crippen molar-refractivity contribution in [2.24, 2.45) is 0 Å². The number of methoxy groups -OCH3 is 3. The molecule has 1 aliphatic rings. The summed E-state index contributed by atoms with van der Waals surface area (Å²) in [5.41, 5.74) is 1.53. The molecule has 2 N–H and O–H groups in total. The molecule has 0 aliphatic carbocycles. The van der Waals surface area contributed by atoms with Gasteiger partial charge in [-0.2, -0.15) is 0 Å². The first-order chi connectivity index (χ1) is 14.5. The molecule has 3 aromatic rings. The Bertz CT molecular complexity index is 1130. The Morgan fingerprint density at radius 1 is 0.967 bits per heavy atom. The van der Waals surface area contributed by atoms with Crippen molar-refractivity contribution in [3.05, 3.63) is 63.9 Å². The largest absolute Gasteiger partial charge is 0.493 e. The molecule has 1 atom stereocenters. The minimum atomic E-state index is -0.511. The predicted octanol–water partition coefficient (Wildman–Crippen LogP) is 2.94. The Balaban J connectivity index is 1.87. The number of rotatable bonds is 5. The van der Waals surface area contributed by atoms with E-state index in [9.17, 15) is 9.59 Å². The van der Waals surface area contributed by atoms with Gasteiger partial charge in [-0.15, -0.1) is 0 Å². The van der Waals surface area contributed by atoms with Crippen molar-refractivity contribution in [2.75, 3.05) is 26.6 Å². The van der Waals surface area contributed by atoms with Gasteiger partial charge in [0.2, 0.25) is 11.7 Å². The second-order valence-corrected chi connectivity index (χ2v) is 6.81. The molecule has 0 spiro atoms. The van der Waals surface area contributed by atoms with E-state index in [1.54, 1.807) is 12.1 Å². The van der Waals surface area contributed by atoms with Crippen LogP contribution in [0.3, 0.4) is 0 Å². The van der Waals surface area contributed by atoms with Crippen LogP contribution in [-0.2, 0) is 4.79 Å². The normalized spacial score (nSPS) is 15.2. The summed E-state index contributed by atoms with van der Waals surface area (Å²) in [5, 5.41) is 2.73. The highest BCUT2D eigenvalue weighted by Gasteiger charge is 2.32. The lowest BCUT2D eigenvalue weighted by molar-refractivity contribution is -0.116. The molecule has 8 heteroatoms. The predicted molar refractivity (Wildman–Crippen MR) is 111 cm³/mol. The van der Waals surface area contributed by atoms with Gasteiger partial charge in [0.15, 0.2) is 11.5 Å². The average Bonchev–Trinajstić information content (AvgIpc) is 2.77. The second kappa shape index (κ2) is 7.90. The number of benzene rings is 2. The number of amides is 1. The van der Waals surface area contributed by atoms with Crippen LogP contribution in [0, 0.1) is 0 Å². The van der Waals surface area contributed by atoms with Crippen LogP contribution >= 0.6 is 0 Å². The highest BCUT2D eigenvalue weighted by molar-refractivity contribution is 5.94. The number of aromatic nitrogens is 2. The molecule has 2 aromatic carbocycles. The van der Waals surface area contributed by atoms with E-state index >= 15 is 0 Å². The van der Waals surface area contributed by atoms with Gasteiger partial charge in [-0.05, 0) is 17.7 Å². The van der Waals surface area contributed by atoms with Crippen LogP contribution in [-0.4, -0.2) is 37.2 Å². The lowest BCUT2D eigenvalue weighted by atomic mass is 9.86. The fourth-order valence-corrected chi connectivity index (χ4v) is 3.69. The van der Waals surface area contributed by atoms with Crippen molar-refractivity contribution >= 4 is 11.7 Å². The summed E-state index contributed by atoms with van der Waals surface area (Å²) >= 11 is 0. The molecule has 0 saturated carbocycles. The van der Waals surface area contributed by atoms with Crippen LogP contribution in [0.2, 0.25) is 0 Å². The van der Waals surface area contributed by atoms with Gasteiger partial charge in [-0.25, -0.2) is 4.98 Å². The standard InChI is InChI=1S/C22H21N3O5/c1-28-15-9-13(10-16(29-2)19(15)30-3)14-11-17(26)23-21-18(14)22(27)25-20(24-21)12-7-5-4-6-8-12/h4-10,14H,11H2,1-3H3,(H2,23,24,25,26,27)/t14-/m1/s1. The summed E-state index contributed by atoms with van der Waals surface area (Å²) in [4.78, 5) is 32.9. The maximum absolute atomic E-state index is 13.0. The fourth-order valence-electron chi connectivity index (χ4n) is 3.69. The van der Waals surface area contributed by atoms with Gasteiger partial charge in [0.25, 0.3) is 5.56 Å². The lowest BCUT2D eigenvalue weighted by Crippen LogP contribution is -2.31. The number of hydrogen-bond donors (Lipinski definition) is 2. The zero-order chi connectivity index (χ0) is 21.3. The molecular formula is C22H21N3O5. The minimum absolute atomic E-state index is 0.0983. The first-order valence-corrected chi connectivity index (χ1v) is 9.35. The van der Waals surface area contributed by atoms with Crippen LogP contribution in [0.1, 0.15) is 23.5 Å². The van der Waals surface area contributed by atoms with E-state index in [0.29, 0.717) is 34.2 Å². The quantitative estimate of drug-likeness (QED) is 0.674. The zero-order valence-electron chi connectivity index (χ0n) is 16.8. The van der Waals surface area contributed by atoms with Crippen molar-refractivity contribution in [1.29, 1.82) is 0 Å². The van der Waals surface area contributed by atoms with Crippen molar-refractivity contribution < 1.29 is 19.0 Å². The average molecular weight is 407 g/mol. The topological polar surface area (TPSA) is 103 Å². The number of carbonyl (C=O) groups is 1. The Hall–Kier alpha value is -3.81. The van der Waals surface area contributed by atoms with Crippen LogP contribution in [0.4, 0.5) is 5.82 Å². The van der Waals surface area contributed by atoms with Gasteiger partial charge in [0.1, 0.15) is 11.6 Å². The smallest absolute Gasteiger partial charge is 0.257 e. The maximum Gasteiger partial charge on any atom is 0.257 e. The first kappa shape index (κ1) is 19.5. The van der Waals surface area contributed by atoms with Gasteiger partial charge in [-0.3, -0.25) is 9.59 Å². The Labute approximate surface area is 172 Å². The summed E-state index contributed by atoms with van der Waals surface area (Å²) in [7, 11) is 4.55. The van der Waals surface area contributed by atoms with E-state index in [0.717, 1.165) is 5.56 Å². The van der Waals surface area contributed by atoms with Crippen LogP contribution < -0.4 is 25.1 Å². The summed E-state index contributed by atoms with van der Waals surface area (Å²) in [6.45, 7) is 0. The van der Waals surface area contributed by atoms with Crippen LogP contribution in [0.5, 0.6) is 17.2 Å². The van der Waals surface area contributed by atoms with Gasteiger partial charge >= 0.3 is 0 Å². The maximum atomic E-state index is 13.0. The molecular weight excluding hydrogens is 386 g/mol. The number of ether oxygens (including phenoxy) is 3. The first-order valence-electron chi connectivity index (χ1n) is 9.35. The molecule has 0 unspecified atom stereocenters. The molecule has 0 radical (unpaired) electrons. The molecule has 1 amide bonds. The van der Waals surface area contributed by atoms with Gasteiger partial charge in [0.05, 0.1) is 26.9 Å². The molecule has 1 aliphatic heterocycles. The number of aromatic amines is 1. The fraction of sp³-hybridized carbons (Fsp3) is 0.227. The molecule has 8 nitrogen and oxygen atoms in total. The number of hydrogen-bond acceptors (Lipinski definition) is 6. The van der Waals surface area contributed by atoms with Crippen molar-refractivity contribution in [1.82, 2.24) is 9.97 Å². The number of carbonyl (C=O) groups excluding carboxylic acids is 1. The van der Waals surface area contributed by atoms with Gasteiger partial charge < -0.3 is 24.5 Å². The highest BCUT2D eigenvalue weighted by atomic mass is 16.5. The summed E-state index contributed by atoms with van der Waals surface area (Å²) in [6.07, 6.45) is 0.0983. The van der Waals surface area contributed by atoms with Gasteiger partial charge in [-0.1, -0.05) is 30.3 Å². The Morgan fingerprint density at radius 3 is 2.23 bits per heavy atom. The summed E-state index contributed by atoms with van der Waals surface area (Å²) < 4.78 is 16.2. The number of H-pyrrole nitrogens is 1. The molecule has 4 rings (SSSR count). The van der Waals surface area contributed by atoms with Crippen molar-refractivity contribution in [2.45, 2.75) is 12.3 Å². The summed E-state index contributed by atoms with van der Waals surface area (Å²) in [6, 6.07) is 12.8. The van der Waals surface area contributed by atoms with Crippen molar-refractivity contribution in [3.63, 3.8) is 0 Å². The third kappa shape index (κ3) is 3.36. The molecule has 0 fully saturated rings. The van der Waals surface area contributed by atoms with E-state index in [2.05, 4.69) is 15.3 Å². The number of nitrogens with one attached hydrogen (secondary N) is 2. The molecule has 30 heavy (non-hydrogen) atoms. The van der Waals surface area contributed by atoms with Crippen LogP contribution in [0.25, 0.3) is 11.4 Å². The number of nitrogens with zero attached hydrogens (tertiary/aromatic N) is 1. The van der Waals surface area contributed by atoms with E-state index in [1.165, 1.54) is 21.3 Å². The third-order valence-corrected chi connectivity index (χ3v) is 5.09. The highest BCUT2D eigenvalue weighted by Crippen LogP contribution is 2.43. The SMILES string of the molecule is COc1cc([C@H]2CC(=O)Nc3nc(-c4ccccc4)[nH]c(=O)c32)cc(OC)c1OC. The Kier molecular flexibility index (Phi) is 5.14. The molecule has 1 aromatic heterocycles. The van der Waals surface area contributed by atoms with Crippen LogP contribution in [0.15, 0.2) is 47.3 Å². The zero-order valence-corrected chi connectivity index (χ0v) is 16.8. The van der Waals surface area contributed by atoms with E-state index in [-0.39, 0.29) is 23.7 Å². The second-order valence-electron chi connectivity index (χ2n) is 6.81. The summed E-state index contributed by atoms with van der Waals surface area (Å²) in [5.74, 6) is 1.25. The molecule has 154 valence electrons. The van der Waals surface area contributed by atoms with E-state index in [1.807, 2.05) is 30.3 Å². The Morgan fingerprint density at radius 2 is 1.63 bits per heavy atom. The van der Waals surface area contributed by atoms with Gasteiger partial charge in [0, 0.05) is 17.9 Å². The lowest BCUT2D eigenvalue weighted by Gasteiger charge is -2.25. The van der Waals surface area contributed by atoms with E-state index in [4.69, 9.17) is 14.2 Å². The van der Waals surface area contributed by atoms with Crippen molar-refractivity contribution in [3.8, 4) is 28.6 Å². The minimum Gasteiger partial charge on any atom is -0.493 e. The number of anilines is 1. The molecule has 0 bridgehead atoms. The number of fused-ring (bicyclic) bond motifs is 1. The molecule has 2 heterocycles. The van der Waals surface area contributed by atoms with E-state index < -0.39 is 5.92 Å².